The fourth-order valence-corrected chi connectivity index (χ4v) is 3.40. The summed E-state index contributed by atoms with van der Waals surface area (Å²) in [6.45, 7) is 5.70. The molecule has 0 fully saturated rings. The SMILES string of the molecule is Cc1cc(C)c(CNC(=O)c2cc(Cl)cc(-c3ccnn3C)c2C)c(=O)[nH]1. The molecule has 2 aromatic heterocycles. The van der Waals surface area contributed by atoms with Crippen LogP contribution in [0.25, 0.3) is 11.3 Å². The zero-order chi connectivity index (χ0) is 19.7. The smallest absolute Gasteiger partial charge is 0.253 e. The molecule has 6 nitrogen and oxygen atoms in total. The summed E-state index contributed by atoms with van der Waals surface area (Å²) in [5, 5.41) is 7.47. The lowest BCUT2D eigenvalue weighted by atomic mass is 9.99. The topological polar surface area (TPSA) is 79.8 Å². The number of carbonyl (C=O) groups is 1. The van der Waals surface area contributed by atoms with Crippen LogP contribution in [0.2, 0.25) is 5.02 Å². The van der Waals surface area contributed by atoms with E-state index in [9.17, 15) is 9.59 Å². The van der Waals surface area contributed by atoms with Gasteiger partial charge in [0.1, 0.15) is 0 Å². The van der Waals surface area contributed by atoms with E-state index in [4.69, 9.17) is 11.6 Å². The van der Waals surface area contributed by atoms with Gasteiger partial charge < -0.3 is 10.3 Å². The second-order valence-electron chi connectivity index (χ2n) is 6.59. The molecule has 0 aliphatic carbocycles. The van der Waals surface area contributed by atoms with Gasteiger partial charge in [-0.05, 0) is 56.2 Å². The fraction of sp³-hybridized carbons (Fsp3) is 0.250. The molecule has 0 aliphatic heterocycles. The van der Waals surface area contributed by atoms with E-state index in [1.807, 2.05) is 46.0 Å². The predicted octanol–water partition coefficient (Wildman–Crippen LogP) is 3.28. The quantitative estimate of drug-likeness (QED) is 0.724. The molecule has 2 heterocycles. The van der Waals surface area contributed by atoms with Crippen LogP contribution in [-0.4, -0.2) is 20.7 Å². The minimum atomic E-state index is -0.280. The summed E-state index contributed by atoms with van der Waals surface area (Å²) in [6, 6.07) is 7.21. The number of nitrogens with one attached hydrogen (secondary N) is 2. The largest absolute Gasteiger partial charge is 0.348 e. The van der Waals surface area contributed by atoms with Crippen molar-refractivity contribution in [1.82, 2.24) is 20.1 Å². The normalized spacial score (nSPS) is 10.9. The second-order valence-corrected chi connectivity index (χ2v) is 7.03. The summed E-state index contributed by atoms with van der Waals surface area (Å²) >= 11 is 6.26. The number of hydrogen-bond acceptors (Lipinski definition) is 3. The number of aromatic amines is 1. The van der Waals surface area contributed by atoms with Gasteiger partial charge in [-0.25, -0.2) is 0 Å². The lowest BCUT2D eigenvalue weighted by Crippen LogP contribution is -2.28. The Hall–Kier alpha value is -2.86. The summed E-state index contributed by atoms with van der Waals surface area (Å²) in [5.41, 5.74) is 4.97. The molecule has 1 amide bonds. The molecular formula is C20H21ClN4O2. The van der Waals surface area contributed by atoms with Crippen LogP contribution in [0.4, 0.5) is 0 Å². The molecule has 0 saturated carbocycles. The summed E-state index contributed by atoms with van der Waals surface area (Å²) in [5.74, 6) is -0.280. The van der Waals surface area contributed by atoms with E-state index < -0.39 is 0 Å². The highest BCUT2D eigenvalue weighted by molar-refractivity contribution is 6.31. The third-order valence-corrected chi connectivity index (χ3v) is 4.85. The Kier molecular flexibility index (Phi) is 5.19. The maximum absolute atomic E-state index is 12.8. The molecule has 2 N–H and O–H groups in total. The molecule has 7 heteroatoms. The third kappa shape index (κ3) is 3.80. The van der Waals surface area contributed by atoms with E-state index >= 15 is 0 Å². The number of hydrogen-bond donors (Lipinski definition) is 2. The summed E-state index contributed by atoms with van der Waals surface area (Å²) < 4.78 is 1.73. The van der Waals surface area contributed by atoms with Crippen molar-refractivity contribution in [3.63, 3.8) is 0 Å². The first kappa shape index (κ1) is 18.9. The zero-order valence-electron chi connectivity index (χ0n) is 15.7. The van der Waals surface area contributed by atoms with Crippen molar-refractivity contribution in [3.8, 4) is 11.3 Å². The van der Waals surface area contributed by atoms with Crippen LogP contribution in [0.15, 0.2) is 35.3 Å². The van der Waals surface area contributed by atoms with E-state index in [1.54, 1.807) is 16.9 Å². The number of benzene rings is 1. The number of aryl methyl sites for hydroxylation is 3. The van der Waals surface area contributed by atoms with Crippen molar-refractivity contribution in [2.75, 3.05) is 0 Å². The average Bonchev–Trinajstić information content (AvgIpc) is 3.01. The number of H-pyrrole nitrogens is 1. The molecule has 3 aromatic rings. The van der Waals surface area contributed by atoms with Gasteiger partial charge in [-0.3, -0.25) is 14.3 Å². The Morgan fingerprint density at radius 1 is 1.26 bits per heavy atom. The lowest BCUT2D eigenvalue weighted by Gasteiger charge is -2.14. The van der Waals surface area contributed by atoms with Gasteiger partial charge in [0.25, 0.3) is 11.5 Å². The fourth-order valence-electron chi connectivity index (χ4n) is 3.18. The standard InChI is InChI=1S/C20H21ClN4O2/c1-11-7-12(2)24-20(27)17(11)10-22-19(26)16-9-14(21)8-15(13(16)3)18-5-6-23-25(18)4/h5-9H,10H2,1-4H3,(H,22,26)(H,24,27). The van der Waals surface area contributed by atoms with E-state index in [0.717, 1.165) is 28.1 Å². The molecule has 0 saturated heterocycles. The molecule has 0 spiro atoms. The Balaban J connectivity index is 1.91. The monoisotopic (exact) mass is 384 g/mol. The van der Waals surface area contributed by atoms with Gasteiger partial charge in [0.15, 0.2) is 0 Å². The van der Waals surface area contributed by atoms with Gasteiger partial charge >= 0.3 is 0 Å². The first-order valence-corrected chi connectivity index (χ1v) is 8.92. The van der Waals surface area contributed by atoms with Crippen molar-refractivity contribution < 1.29 is 4.79 Å². The Bertz CT molecular complexity index is 1080. The number of rotatable bonds is 4. The second kappa shape index (κ2) is 7.40. The molecule has 0 radical (unpaired) electrons. The predicted molar refractivity (Wildman–Crippen MR) is 106 cm³/mol. The van der Waals surface area contributed by atoms with E-state index in [1.165, 1.54) is 0 Å². The lowest BCUT2D eigenvalue weighted by molar-refractivity contribution is 0.0950. The van der Waals surface area contributed by atoms with Gasteiger partial charge in [0.2, 0.25) is 0 Å². The van der Waals surface area contributed by atoms with Crippen molar-refractivity contribution in [2.24, 2.45) is 7.05 Å². The maximum Gasteiger partial charge on any atom is 0.253 e. The molecule has 27 heavy (non-hydrogen) atoms. The Labute approximate surface area is 162 Å². The molecule has 1 aromatic carbocycles. The number of amides is 1. The molecule has 3 rings (SSSR count). The van der Waals surface area contributed by atoms with Crippen LogP contribution in [-0.2, 0) is 13.6 Å². The summed E-state index contributed by atoms with van der Waals surface area (Å²) in [6.07, 6.45) is 1.70. The van der Waals surface area contributed by atoms with Crippen molar-refractivity contribution >= 4 is 17.5 Å². The number of pyridine rings is 1. The van der Waals surface area contributed by atoms with Crippen molar-refractivity contribution in [2.45, 2.75) is 27.3 Å². The van der Waals surface area contributed by atoms with Gasteiger partial charge in [0.05, 0.1) is 5.69 Å². The average molecular weight is 385 g/mol. The van der Waals surface area contributed by atoms with Crippen LogP contribution < -0.4 is 10.9 Å². The molecule has 140 valence electrons. The first-order valence-electron chi connectivity index (χ1n) is 8.54. The van der Waals surface area contributed by atoms with Crippen molar-refractivity contribution in [3.05, 3.63) is 73.8 Å². The van der Waals surface area contributed by atoms with Crippen molar-refractivity contribution in [1.29, 1.82) is 0 Å². The highest BCUT2D eigenvalue weighted by Crippen LogP contribution is 2.29. The minimum Gasteiger partial charge on any atom is -0.348 e. The van der Waals surface area contributed by atoms with E-state index in [2.05, 4.69) is 15.4 Å². The number of halogens is 1. The zero-order valence-corrected chi connectivity index (χ0v) is 16.4. The first-order chi connectivity index (χ1) is 12.8. The van der Waals surface area contributed by atoms with Gasteiger partial charge in [-0.1, -0.05) is 11.6 Å². The van der Waals surface area contributed by atoms with Crippen LogP contribution in [0.5, 0.6) is 0 Å². The Morgan fingerprint density at radius 3 is 2.63 bits per heavy atom. The van der Waals surface area contributed by atoms with E-state index in [-0.39, 0.29) is 18.0 Å². The summed E-state index contributed by atoms with van der Waals surface area (Å²) in [4.78, 5) is 27.7. The van der Waals surface area contributed by atoms with Gasteiger partial charge in [-0.2, -0.15) is 5.10 Å². The van der Waals surface area contributed by atoms with Gasteiger partial charge in [-0.15, -0.1) is 0 Å². The van der Waals surface area contributed by atoms with Crippen LogP contribution in [0.3, 0.4) is 0 Å². The van der Waals surface area contributed by atoms with Crippen LogP contribution >= 0.6 is 11.6 Å². The molecule has 0 aliphatic rings. The number of aromatic nitrogens is 3. The third-order valence-electron chi connectivity index (χ3n) is 4.63. The molecule has 0 unspecified atom stereocenters. The highest BCUT2D eigenvalue weighted by Gasteiger charge is 2.17. The van der Waals surface area contributed by atoms with Crippen LogP contribution in [0, 0.1) is 20.8 Å². The van der Waals surface area contributed by atoms with E-state index in [0.29, 0.717) is 16.1 Å². The van der Waals surface area contributed by atoms with Gasteiger partial charge in [0, 0.05) is 47.2 Å². The van der Waals surface area contributed by atoms with Crippen LogP contribution in [0.1, 0.15) is 32.7 Å². The molecular weight excluding hydrogens is 364 g/mol. The number of carbonyl (C=O) groups excluding carboxylic acids is 1. The number of nitrogens with zero attached hydrogens (tertiary/aromatic N) is 2. The minimum absolute atomic E-state index is 0.146. The maximum atomic E-state index is 12.8. The summed E-state index contributed by atoms with van der Waals surface area (Å²) in [7, 11) is 1.84. The Morgan fingerprint density at radius 2 is 2.00 bits per heavy atom. The molecule has 0 bridgehead atoms. The molecule has 0 atom stereocenters. The highest BCUT2D eigenvalue weighted by atomic mass is 35.5.